The Balaban J connectivity index is 0.00000169. The monoisotopic (exact) mass is 364 g/mol. The lowest BCUT2D eigenvalue weighted by molar-refractivity contribution is 0.222. The average molecular weight is 365 g/mol. The molecule has 2 fully saturated rings. The number of rotatable bonds is 7. The summed E-state index contributed by atoms with van der Waals surface area (Å²) in [4.78, 5) is 12.9. The van der Waals surface area contributed by atoms with E-state index in [9.17, 15) is 0 Å². The highest BCUT2D eigenvalue weighted by atomic mass is 35.5. The number of hydrogen-bond donors (Lipinski definition) is 1. The number of halogens is 1. The van der Waals surface area contributed by atoms with Crippen LogP contribution < -0.4 is 5.32 Å². The highest BCUT2D eigenvalue weighted by Crippen LogP contribution is 2.41. The van der Waals surface area contributed by atoms with Crippen molar-refractivity contribution in [2.45, 2.75) is 38.3 Å². The van der Waals surface area contributed by atoms with E-state index in [1.54, 1.807) is 0 Å². The van der Waals surface area contributed by atoms with Crippen molar-refractivity contribution >= 4 is 23.7 Å². The van der Waals surface area contributed by atoms with Crippen LogP contribution in [-0.2, 0) is 13.1 Å². The van der Waals surface area contributed by atoms with E-state index < -0.39 is 0 Å². The molecule has 2 aliphatic rings. The molecule has 2 aromatic heterocycles. The van der Waals surface area contributed by atoms with E-state index >= 15 is 0 Å². The van der Waals surface area contributed by atoms with Crippen molar-refractivity contribution in [2.24, 2.45) is 5.92 Å². The van der Waals surface area contributed by atoms with Crippen molar-refractivity contribution in [1.29, 1.82) is 0 Å². The number of nitrogens with one attached hydrogen (secondary N) is 1. The van der Waals surface area contributed by atoms with Gasteiger partial charge < -0.3 is 5.32 Å². The summed E-state index contributed by atoms with van der Waals surface area (Å²) in [6.07, 6.45) is 9.89. The molecule has 6 heteroatoms. The van der Waals surface area contributed by atoms with Crippen LogP contribution in [0.5, 0.6) is 0 Å². The molecule has 1 saturated carbocycles. The topological polar surface area (TPSA) is 41.1 Å². The van der Waals surface area contributed by atoms with Crippen LogP contribution in [0.2, 0.25) is 0 Å². The second-order valence-electron chi connectivity index (χ2n) is 6.83. The Bertz CT molecular complexity index is 623. The summed E-state index contributed by atoms with van der Waals surface area (Å²) in [7, 11) is 0. The second kappa shape index (κ2) is 8.39. The van der Waals surface area contributed by atoms with Crippen LogP contribution in [0.25, 0.3) is 0 Å². The molecular formula is C18H25ClN4S. The first-order chi connectivity index (χ1) is 11.4. The van der Waals surface area contributed by atoms with E-state index in [0.717, 1.165) is 44.6 Å². The summed E-state index contributed by atoms with van der Waals surface area (Å²) in [5.41, 5.74) is 1.30. The standard InChI is InChI=1S/C18H24N4S.ClH/c1-2-14(8-19-6-1)11-22(12-15-5-7-20-9-15)13-17-10-21-18(23-17)16-3-4-16;/h1-2,6,8,10,15-16,20H,3-5,7,9,11-13H2;1H. The molecule has 1 aliphatic heterocycles. The van der Waals surface area contributed by atoms with Gasteiger partial charge in [-0.1, -0.05) is 6.07 Å². The van der Waals surface area contributed by atoms with Gasteiger partial charge in [-0.25, -0.2) is 4.98 Å². The number of pyridine rings is 1. The molecule has 0 aromatic carbocycles. The first-order valence-corrected chi connectivity index (χ1v) is 9.45. The summed E-state index contributed by atoms with van der Waals surface area (Å²) in [6.45, 7) is 5.45. The van der Waals surface area contributed by atoms with Crippen LogP contribution in [0.15, 0.2) is 30.7 Å². The average Bonchev–Trinajstić information content (AvgIpc) is 3.09. The second-order valence-corrected chi connectivity index (χ2v) is 7.98. The Morgan fingerprint density at radius 1 is 1.21 bits per heavy atom. The van der Waals surface area contributed by atoms with Crippen molar-refractivity contribution in [1.82, 2.24) is 20.2 Å². The van der Waals surface area contributed by atoms with Gasteiger partial charge in [-0.2, -0.15) is 0 Å². The van der Waals surface area contributed by atoms with Gasteiger partial charge in [-0.3, -0.25) is 9.88 Å². The van der Waals surface area contributed by atoms with E-state index in [-0.39, 0.29) is 12.4 Å². The zero-order valence-corrected chi connectivity index (χ0v) is 15.5. The Labute approximate surface area is 154 Å². The molecule has 0 amide bonds. The maximum Gasteiger partial charge on any atom is 0.0959 e. The molecule has 1 unspecified atom stereocenters. The predicted molar refractivity (Wildman–Crippen MR) is 101 cm³/mol. The first-order valence-electron chi connectivity index (χ1n) is 8.63. The molecule has 4 rings (SSSR count). The van der Waals surface area contributed by atoms with Gasteiger partial charge in [0.2, 0.25) is 0 Å². The summed E-state index contributed by atoms with van der Waals surface area (Å²) in [5, 5.41) is 4.83. The molecule has 1 saturated heterocycles. The van der Waals surface area contributed by atoms with Crippen molar-refractivity contribution < 1.29 is 0 Å². The first kappa shape index (κ1) is 17.8. The molecule has 1 N–H and O–H groups in total. The Morgan fingerprint density at radius 2 is 2.12 bits per heavy atom. The van der Waals surface area contributed by atoms with Crippen LogP contribution in [0.1, 0.15) is 40.6 Å². The van der Waals surface area contributed by atoms with Gasteiger partial charge >= 0.3 is 0 Å². The van der Waals surface area contributed by atoms with Crippen LogP contribution in [-0.4, -0.2) is 34.5 Å². The summed E-state index contributed by atoms with van der Waals surface area (Å²) >= 11 is 1.92. The minimum absolute atomic E-state index is 0. The normalized spacial score (nSPS) is 20.3. The third-order valence-electron chi connectivity index (χ3n) is 4.69. The van der Waals surface area contributed by atoms with Crippen LogP contribution in [0.3, 0.4) is 0 Å². The molecule has 0 spiro atoms. The van der Waals surface area contributed by atoms with Gasteiger partial charge in [0.25, 0.3) is 0 Å². The van der Waals surface area contributed by atoms with Crippen molar-refractivity contribution in [3.8, 4) is 0 Å². The molecule has 2 aromatic rings. The van der Waals surface area contributed by atoms with Crippen molar-refractivity contribution in [3.05, 3.63) is 46.2 Å². The molecule has 1 atom stereocenters. The van der Waals surface area contributed by atoms with Crippen LogP contribution in [0, 0.1) is 5.92 Å². The molecular weight excluding hydrogens is 340 g/mol. The predicted octanol–water partition coefficient (Wildman–Crippen LogP) is 3.45. The smallest absolute Gasteiger partial charge is 0.0959 e. The maximum absolute atomic E-state index is 4.64. The van der Waals surface area contributed by atoms with E-state index in [2.05, 4.69) is 32.4 Å². The molecule has 3 heterocycles. The highest BCUT2D eigenvalue weighted by molar-refractivity contribution is 7.11. The third-order valence-corrected chi connectivity index (χ3v) is 5.83. The fourth-order valence-corrected chi connectivity index (χ4v) is 4.43. The molecule has 1 aliphatic carbocycles. The van der Waals surface area contributed by atoms with Crippen LogP contribution in [0.4, 0.5) is 0 Å². The van der Waals surface area contributed by atoms with Crippen LogP contribution >= 0.6 is 23.7 Å². The van der Waals surface area contributed by atoms with Gasteiger partial charge in [0.05, 0.1) is 5.01 Å². The van der Waals surface area contributed by atoms with Gasteiger partial charge in [0.1, 0.15) is 0 Å². The minimum atomic E-state index is 0. The van der Waals surface area contributed by atoms with Gasteiger partial charge in [-0.15, -0.1) is 23.7 Å². The van der Waals surface area contributed by atoms with Gasteiger partial charge in [0, 0.05) is 49.0 Å². The highest BCUT2D eigenvalue weighted by Gasteiger charge is 2.27. The minimum Gasteiger partial charge on any atom is -0.316 e. The Kier molecular flexibility index (Phi) is 6.22. The maximum atomic E-state index is 4.64. The number of thiazole rings is 1. The fraction of sp³-hybridized carbons (Fsp3) is 0.556. The summed E-state index contributed by atoms with van der Waals surface area (Å²) in [5.74, 6) is 1.53. The lowest BCUT2D eigenvalue weighted by atomic mass is 10.1. The third kappa shape index (κ3) is 4.76. The number of aromatic nitrogens is 2. The Hall–Kier alpha value is -1.01. The lowest BCUT2D eigenvalue weighted by Gasteiger charge is -2.24. The molecule has 4 nitrogen and oxygen atoms in total. The van der Waals surface area contributed by atoms with Crippen molar-refractivity contribution in [2.75, 3.05) is 19.6 Å². The quantitative estimate of drug-likeness (QED) is 0.817. The lowest BCUT2D eigenvalue weighted by Crippen LogP contribution is -2.29. The van der Waals surface area contributed by atoms with E-state index in [1.807, 2.05) is 29.8 Å². The largest absolute Gasteiger partial charge is 0.316 e. The van der Waals surface area contributed by atoms with Gasteiger partial charge in [0.15, 0.2) is 0 Å². The van der Waals surface area contributed by atoms with E-state index in [4.69, 9.17) is 0 Å². The van der Waals surface area contributed by atoms with E-state index in [1.165, 1.54) is 34.7 Å². The Morgan fingerprint density at radius 3 is 2.83 bits per heavy atom. The van der Waals surface area contributed by atoms with Crippen molar-refractivity contribution in [3.63, 3.8) is 0 Å². The number of hydrogen-bond acceptors (Lipinski definition) is 5. The zero-order chi connectivity index (χ0) is 15.5. The summed E-state index contributed by atoms with van der Waals surface area (Å²) in [6, 6.07) is 4.21. The molecule has 0 radical (unpaired) electrons. The summed E-state index contributed by atoms with van der Waals surface area (Å²) < 4.78 is 0. The SMILES string of the molecule is Cl.c1cncc(CN(Cc2cnc(C3CC3)s2)CC2CCNC2)c1. The fourth-order valence-electron chi connectivity index (χ4n) is 3.31. The molecule has 0 bridgehead atoms. The number of nitrogens with zero attached hydrogens (tertiary/aromatic N) is 3. The molecule has 130 valence electrons. The van der Waals surface area contributed by atoms with Gasteiger partial charge in [-0.05, 0) is 49.9 Å². The molecule has 24 heavy (non-hydrogen) atoms. The zero-order valence-electron chi connectivity index (χ0n) is 13.9. The van der Waals surface area contributed by atoms with E-state index in [0.29, 0.717) is 0 Å².